The second kappa shape index (κ2) is 5.71. The first-order valence-electron chi connectivity index (χ1n) is 6.23. The highest BCUT2D eigenvalue weighted by Gasteiger charge is 2.28. The molecule has 0 amide bonds. The zero-order chi connectivity index (χ0) is 14.9. The lowest BCUT2D eigenvalue weighted by Crippen LogP contribution is -2.25. The van der Waals surface area contributed by atoms with Crippen LogP contribution in [0.2, 0.25) is 0 Å². The molecule has 1 N–H and O–H groups in total. The number of rotatable bonds is 4. The average Bonchev–Trinajstić information content (AvgIpc) is 2.45. The molecule has 4 nitrogen and oxygen atoms in total. The molecule has 0 radical (unpaired) electrons. The van der Waals surface area contributed by atoms with Gasteiger partial charge in [0.25, 0.3) is 0 Å². The SMILES string of the molecule is CC(C(=O)O)C(C)C(=O)c1ccc(Br)c2cccnc12. The Bertz CT molecular complexity index is 684. The number of Topliss-reactive ketones (excluding diaryl/α,β-unsaturated/α-hetero) is 1. The van der Waals surface area contributed by atoms with Crippen LogP contribution < -0.4 is 0 Å². The van der Waals surface area contributed by atoms with Crippen LogP contribution in [-0.4, -0.2) is 21.8 Å². The molecular formula is C15H14BrNO3. The molecule has 2 unspecified atom stereocenters. The van der Waals surface area contributed by atoms with Gasteiger partial charge in [0.15, 0.2) is 5.78 Å². The van der Waals surface area contributed by atoms with Gasteiger partial charge in [-0.05, 0) is 18.2 Å². The molecule has 2 rings (SSSR count). The molecule has 2 aromatic rings. The van der Waals surface area contributed by atoms with E-state index in [2.05, 4.69) is 20.9 Å². The number of aromatic nitrogens is 1. The minimum atomic E-state index is -0.972. The summed E-state index contributed by atoms with van der Waals surface area (Å²) in [4.78, 5) is 27.8. The van der Waals surface area contributed by atoms with Crippen LogP contribution in [0.1, 0.15) is 24.2 Å². The Labute approximate surface area is 125 Å². The van der Waals surface area contributed by atoms with Gasteiger partial charge in [0.05, 0.1) is 11.4 Å². The van der Waals surface area contributed by atoms with Gasteiger partial charge in [-0.2, -0.15) is 0 Å². The van der Waals surface area contributed by atoms with Crippen molar-refractivity contribution in [1.82, 2.24) is 4.98 Å². The number of hydrogen-bond donors (Lipinski definition) is 1. The van der Waals surface area contributed by atoms with Crippen LogP contribution in [0.5, 0.6) is 0 Å². The molecule has 5 heteroatoms. The Morgan fingerprint density at radius 3 is 2.55 bits per heavy atom. The van der Waals surface area contributed by atoms with Gasteiger partial charge in [-0.25, -0.2) is 0 Å². The molecule has 20 heavy (non-hydrogen) atoms. The maximum absolute atomic E-state index is 12.5. The van der Waals surface area contributed by atoms with Gasteiger partial charge < -0.3 is 5.11 Å². The number of carbonyl (C=O) groups is 2. The molecule has 1 aromatic heterocycles. The summed E-state index contributed by atoms with van der Waals surface area (Å²) in [5.41, 5.74) is 1.06. The number of carboxylic acid groups (broad SMARTS) is 1. The van der Waals surface area contributed by atoms with E-state index in [1.54, 1.807) is 38.2 Å². The minimum absolute atomic E-state index is 0.198. The molecule has 2 atom stereocenters. The normalized spacial score (nSPS) is 13.9. The molecule has 0 aliphatic rings. The Balaban J connectivity index is 2.51. The predicted octanol–water partition coefficient (Wildman–Crippen LogP) is 3.54. The second-order valence-electron chi connectivity index (χ2n) is 4.77. The van der Waals surface area contributed by atoms with E-state index in [0.717, 1.165) is 9.86 Å². The third kappa shape index (κ3) is 2.58. The van der Waals surface area contributed by atoms with Crippen LogP contribution >= 0.6 is 15.9 Å². The van der Waals surface area contributed by atoms with Crippen LogP contribution in [-0.2, 0) is 4.79 Å². The number of nitrogens with zero attached hydrogens (tertiary/aromatic N) is 1. The van der Waals surface area contributed by atoms with Gasteiger partial charge >= 0.3 is 5.97 Å². The zero-order valence-corrected chi connectivity index (χ0v) is 12.7. The summed E-state index contributed by atoms with van der Waals surface area (Å²) in [6, 6.07) is 7.14. The van der Waals surface area contributed by atoms with Crippen molar-refractivity contribution in [3.63, 3.8) is 0 Å². The molecule has 0 spiro atoms. The number of benzene rings is 1. The zero-order valence-electron chi connectivity index (χ0n) is 11.1. The van der Waals surface area contributed by atoms with E-state index in [4.69, 9.17) is 5.11 Å². The topological polar surface area (TPSA) is 67.3 Å². The highest BCUT2D eigenvalue weighted by atomic mass is 79.9. The Morgan fingerprint density at radius 1 is 1.20 bits per heavy atom. The number of ketones is 1. The average molecular weight is 336 g/mol. The molecule has 104 valence electrons. The summed E-state index contributed by atoms with van der Waals surface area (Å²) in [5.74, 6) is -2.50. The molecule has 1 aromatic carbocycles. The molecule has 0 saturated heterocycles. The van der Waals surface area contributed by atoms with E-state index in [1.807, 2.05) is 6.07 Å². The van der Waals surface area contributed by atoms with Crippen LogP contribution in [0.4, 0.5) is 0 Å². The molecular weight excluding hydrogens is 322 g/mol. The molecule has 0 aliphatic heterocycles. The fourth-order valence-corrected chi connectivity index (χ4v) is 2.48. The van der Waals surface area contributed by atoms with E-state index in [-0.39, 0.29) is 5.78 Å². The van der Waals surface area contributed by atoms with Crippen molar-refractivity contribution < 1.29 is 14.7 Å². The first-order chi connectivity index (χ1) is 9.43. The Morgan fingerprint density at radius 2 is 1.90 bits per heavy atom. The number of carboxylic acids is 1. The smallest absolute Gasteiger partial charge is 0.306 e. The maximum atomic E-state index is 12.5. The number of pyridine rings is 1. The van der Waals surface area contributed by atoms with E-state index in [0.29, 0.717) is 11.1 Å². The molecule has 0 bridgehead atoms. The largest absolute Gasteiger partial charge is 0.481 e. The van der Waals surface area contributed by atoms with Crippen molar-refractivity contribution in [3.05, 3.63) is 40.5 Å². The fraction of sp³-hybridized carbons (Fsp3) is 0.267. The lowest BCUT2D eigenvalue weighted by atomic mass is 9.87. The van der Waals surface area contributed by atoms with Gasteiger partial charge in [0, 0.05) is 27.5 Å². The maximum Gasteiger partial charge on any atom is 0.306 e. The molecule has 0 aliphatic carbocycles. The first kappa shape index (κ1) is 14.7. The number of aliphatic carboxylic acids is 1. The second-order valence-corrected chi connectivity index (χ2v) is 5.63. The van der Waals surface area contributed by atoms with E-state index >= 15 is 0 Å². The third-order valence-corrected chi connectivity index (χ3v) is 4.23. The predicted molar refractivity (Wildman–Crippen MR) is 79.7 cm³/mol. The highest BCUT2D eigenvalue weighted by Crippen LogP contribution is 2.28. The summed E-state index contributed by atoms with van der Waals surface area (Å²) >= 11 is 3.42. The van der Waals surface area contributed by atoms with E-state index in [9.17, 15) is 9.59 Å². The monoisotopic (exact) mass is 335 g/mol. The standard InChI is InChI=1S/C15H14BrNO3/c1-8(9(2)15(19)20)14(18)11-5-6-12(16)10-4-3-7-17-13(10)11/h3-9H,1-2H3,(H,19,20). The summed E-state index contributed by atoms with van der Waals surface area (Å²) in [5, 5.41) is 9.87. The fourth-order valence-electron chi connectivity index (χ4n) is 2.02. The summed E-state index contributed by atoms with van der Waals surface area (Å²) < 4.78 is 0.857. The quantitative estimate of drug-likeness (QED) is 0.868. The number of fused-ring (bicyclic) bond motifs is 1. The lowest BCUT2D eigenvalue weighted by molar-refractivity contribution is -0.142. The van der Waals surface area contributed by atoms with Crippen LogP contribution in [0.3, 0.4) is 0 Å². The lowest BCUT2D eigenvalue weighted by Gasteiger charge is -2.16. The molecule has 0 fully saturated rings. The van der Waals surface area contributed by atoms with Crippen molar-refractivity contribution >= 4 is 38.6 Å². The van der Waals surface area contributed by atoms with Gasteiger partial charge in [0.2, 0.25) is 0 Å². The summed E-state index contributed by atoms with van der Waals surface area (Å²) in [7, 11) is 0. The van der Waals surface area contributed by atoms with Crippen molar-refractivity contribution in [3.8, 4) is 0 Å². The van der Waals surface area contributed by atoms with E-state index < -0.39 is 17.8 Å². The Kier molecular flexibility index (Phi) is 4.18. The molecule has 1 heterocycles. The van der Waals surface area contributed by atoms with Crippen molar-refractivity contribution in [2.75, 3.05) is 0 Å². The van der Waals surface area contributed by atoms with Gasteiger partial charge in [-0.1, -0.05) is 35.8 Å². The van der Waals surface area contributed by atoms with E-state index in [1.165, 1.54) is 0 Å². The summed E-state index contributed by atoms with van der Waals surface area (Å²) in [6.07, 6.45) is 1.62. The van der Waals surface area contributed by atoms with Gasteiger partial charge in [-0.15, -0.1) is 0 Å². The number of hydrogen-bond acceptors (Lipinski definition) is 3. The number of carbonyl (C=O) groups excluding carboxylic acids is 1. The van der Waals surface area contributed by atoms with Crippen LogP contribution in [0.25, 0.3) is 10.9 Å². The van der Waals surface area contributed by atoms with Gasteiger partial charge in [0.1, 0.15) is 0 Å². The van der Waals surface area contributed by atoms with Crippen molar-refractivity contribution in [1.29, 1.82) is 0 Å². The minimum Gasteiger partial charge on any atom is -0.481 e. The van der Waals surface area contributed by atoms with Gasteiger partial charge in [-0.3, -0.25) is 14.6 Å². The highest BCUT2D eigenvalue weighted by molar-refractivity contribution is 9.10. The summed E-state index contributed by atoms with van der Waals surface area (Å²) in [6.45, 7) is 3.18. The number of halogens is 1. The third-order valence-electron chi connectivity index (χ3n) is 3.54. The Hall–Kier alpha value is -1.75. The molecule has 0 saturated carbocycles. The van der Waals surface area contributed by atoms with Crippen molar-refractivity contribution in [2.24, 2.45) is 11.8 Å². The first-order valence-corrected chi connectivity index (χ1v) is 7.03. The van der Waals surface area contributed by atoms with Crippen LogP contribution in [0, 0.1) is 11.8 Å². The van der Waals surface area contributed by atoms with Crippen molar-refractivity contribution in [2.45, 2.75) is 13.8 Å². The van der Waals surface area contributed by atoms with Crippen LogP contribution in [0.15, 0.2) is 34.9 Å².